The molecule has 0 saturated heterocycles. The van der Waals surface area contributed by atoms with Crippen molar-refractivity contribution in [2.75, 3.05) is 26.2 Å². The van der Waals surface area contributed by atoms with Gasteiger partial charge in [0.15, 0.2) is 0 Å². The Hall–Kier alpha value is -8.64. The highest BCUT2D eigenvalue weighted by Crippen LogP contribution is 2.40. The number of hydrogen-bond donors (Lipinski definition) is 6. The van der Waals surface area contributed by atoms with Crippen LogP contribution < -0.4 is 21.3 Å². The SMILES string of the molecule is CCCCCCCCCCCCCCCCCCNC(=O)c1ccc(-c2c3nc(c(-c4ccc(C(=O)NCCCCCCCCCCCCCCCCCC)cc4)c4ccc([nH]4)c(-c4ccc(C(=O)NCCCCCCCCCCCCCCCCCC)cc4)c4nc(c(-c5ccc(C(=O)NCCCCCCCCCCCCCCCCCC)cc5)c5ccc2[nH]5)C=C4)C=C3)cc1. The molecule has 12 heteroatoms. The Morgan fingerprint density at radius 2 is 0.326 bits per heavy atom. The maximum atomic E-state index is 14.0. The molecule has 4 amide bonds. The molecule has 0 aliphatic carbocycles. The van der Waals surface area contributed by atoms with E-state index in [0.717, 1.165) is 141 Å². The molecule has 722 valence electrons. The third-order valence-electron chi connectivity index (χ3n) is 27.8. The Morgan fingerprint density at radius 3 is 0.470 bits per heavy atom. The molecular weight excluding hydrogens is 1620 g/mol. The molecule has 0 saturated carbocycles. The van der Waals surface area contributed by atoms with Gasteiger partial charge in [-0.25, -0.2) is 9.97 Å². The van der Waals surface area contributed by atoms with Crippen LogP contribution in [0.1, 0.15) is 503 Å². The average molecular weight is 1800 g/mol. The summed E-state index contributed by atoms with van der Waals surface area (Å²) in [6.07, 6.45) is 91.9. The second-order valence-corrected chi connectivity index (χ2v) is 39.0. The molecule has 0 atom stereocenters. The van der Waals surface area contributed by atoms with Gasteiger partial charge in [-0.1, -0.05) is 461 Å². The number of fused-ring (bicyclic) bond motifs is 8. The van der Waals surface area contributed by atoms with E-state index in [4.69, 9.17) is 9.97 Å². The van der Waals surface area contributed by atoms with Gasteiger partial charge >= 0.3 is 0 Å². The monoisotopic (exact) mass is 1800 g/mol. The van der Waals surface area contributed by atoms with Gasteiger partial charge in [-0.2, -0.15) is 0 Å². The highest BCUT2D eigenvalue weighted by Gasteiger charge is 2.22. The van der Waals surface area contributed by atoms with E-state index in [-0.39, 0.29) is 23.6 Å². The third kappa shape index (κ3) is 40.9. The number of H-pyrrole nitrogens is 2. The lowest BCUT2D eigenvalue weighted by Crippen LogP contribution is -2.24. The van der Waals surface area contributed by atoms with E-state index in [0.29, 0.717) is 48.4 Å². The van der Waals surface area contributed by atoms with Gasteiger partial charge in [0.05, 0.1) is 22.8 Å². The van der Waals surface area contributed by atoms with Crippen molar-refractivity contribution >= 4 is 70.0 Å². The predicted octanol–water partition coefficient (Wildman–Crippen LogP) is 35.3. The zero-order valence-corrected chi connectivity index (χ0v) is 83.5. The smallest absolute Gasteiger partial charge is 0.251 e. The summed E-state index contributed by atoms with van der Waals surface area (Å²) in [5.41, 5.74) is 15.5. The quantitative estimate of drug-likeness (QED) is 0.0207. The van der Waals surface area contributed by atoms with Crippen LogP contribution in [-0.4, -0.2) is 69.7 Å². The Kier molecular flexibility index (Phi) is 54.8. The Morgan fingerprint density at radius 1 is 0.189 bits per heavy atom. The van der Waals surface area contributed by atoms with Crippen LogP contribution in [0.15, 0.2) is 121 Å². The molecule has 0 unspecified atom stereocenters. The second kappa shape index (κ2) is 67.5. The average Bonchev–Trinajstić information content (AvgIpc) is 1.61. The van der Waals surface area contributed by atoms with Gasteiger partial charge in [0.2, 0.25) is 0 Å². The van der Waals surface area contributed by atoms with Crippen LogP contribution in [-0.2, 0) is 0 Å². The highest BCUT2D eigenvalue weighted by atomic mass is 16.2. The van der Waals surface area contributed by atoms with E-state index in [9.17, 15) is 19.2 Å². The van der Waals surface area contributed by atoms with Gasteiger partial charge < -0.3 is 31.2 Å². The van der Waals surface area contributed by atoms with Crippen molar-refractivity contribution in [1.82, 2.24) is 41.2 Å². The molecule has 2 aliphatic rings. The lowest BCUT2D eigenvalue weighted by Gasteiger charge is -2.09. The van der Waals surface area contributed by atoms with Gasteiger partial charge in [0.1, 0.15) is 0 Å². The molecule has 0 fully saturated rings. The van der Waals surface area contributed by atoms with Crippen LogP contribution in [0.25, 0.3) is 90.9 Å². The molecule has 12 nitrogen and oxygen atoms in total. The topological polar surface area (TPSA) is 174 Å². The minimum absolute atomic E-state index is 0.0829. The van der Waals surface area contributed by atoms with Crippen LogP contribution in [0.3, 0.4) is 0 Å². The molecule has 132 heavy (non-hydrogen) atoms. The van der Waals surface area contributed by atoms with Crippen LogP contribution in [0.4, 0.5) is 0 Å². The first-order valence-corrected chi connectivity index (χ1v) is 54.9. The maximum Gasteiger partial charge on any atom is 0.251 e. The lowest BCUT2D eigenvalue weighted by atomic mass is 10.0. The van der Waals surface area contributed by atoms with Crippen molar-refractivity contribution in [3.05, 3.63) is 166 Å². The number of hydrogen-bond acceptors (Lipinski definition) is 6. The summed E-state index contributed by atoms with van der Waals surface area (Å²) < 4.78 is 0. The molecule has 7 aromatic rings. The zero-order valence-electron chi connectivity index (χ0n) is 83.5. The largest absolute Gasteiger partial charge is 0.354 e. The van der Waals surface area contributed by atoms with Crippen molar-refractivity contribution in [3.63, 3.8) is 0 Å². The maximum absolute atomic E-state index is 14.0. The van der Waals surface area contributed by atoms with Gasteiger partial charge in [-0.05, 0) is 145 Å². The molecule has 2 aliphatic heterocycles. The van der Waals surface area contributed by atoms with E-state index >= 15 is 0 Å². The standard InChI is InChI=1S/C120H178N8O4/c1-5-9-13-17-21-25-29-33-37-41-45-49-53-57-61-65-93-121-117(129)101-77-69-97(70-78-101)113-105-85-87-107(125-105)114(98-71-79-102(80-72-98)118(130)122-94-66-62-58-54-50-46-42-38-34-30-26-22-18-14-10-6-2)109-89-91-111(127-109)116(100-75-83-104(84-76-100)120(132)124-96-68-64-60-56-52-48-44-40-36-32-28-24-20-16-12-8-4)112-92-90-110(128-112)115(108-88-86-106(113)126-108)99-73-81-103(82-74-99)119(131)123-95-67-63-59-55-51-47-43-39-35-31-27-23-19-15-11-7-3/h69-92,125,128H,5-68,93-96H2,1-4H3,(H,121,129)(H,122,130)(H,123,131)(H,124,132). The summed E-state index contributed by atoms with van der Waals surface area (Å²) in [6, 6.07) is 40.2. The number of carbonyl (C=O) groups is 4. The van der Waals surface area contributed by atoms with E-state index in [1.54, 1.807) is 0 Å². The fourth-order valence-electron chi connectivity index (χ4n) is 19.5. The minimum Gasteiger partial charge on any atom is -0.354 e. The van der Waals surface area contributed by atoms with Gasteiger partial charge in [0, 0.05) is 92.8 Å². The lowest BCUT2D eigenvalue weighted by molar-refractivity contribution is 0.0944. The molecule has 8 bridgehead atoms. The molecule has 5 heterocycles. The van der Waals surface area contributed by atoms with Gasteiger partial charge in [0.25, 0.3) is 23.6 Å². The molecule has 0 radical (unpaired) electrons. The van der Waals surface area contributed by atoms with Gasteiger partial charge in [-0.3, -0.25) is 19.2 Å². The molecule has 4 aromatic carbocycles. The van der Waals surface area contributed by atoms with Crippen molar-refractivity contribution in [2.45, 2.75) is 439 Å². The number of carbonyl (C=O) groups excluding carboxylic acids is 4. The van der Waals surface area contributed by atoms with E-state index < -0.39 is 0 Å². The number of nitrogens with one attached hydrogen (secondary N) is 6. The summed E-state index contributed by atoms with van der Waals surface area (Å²) >= 11 is 0. The summed E-state index contributed by atoms with van der Waals surface area (Å²) in [5, 5.41) is 13.0. The summed E-state index contributed by atoms with van der Waals surface area (Å²) in [7, 11) is 0. The summed E-state index contributed by atoms with van der Waals surface area (Å²) in [4.78, 5) is 75.0. The van der Waals surface area contributed by atoms with Crippen molar-refractivity contribution < 1.29 is 19.2 Å². The number of nitrogens with zero attached hydrogens (tertiary/aromatic N) is 2. The molecule has 3 aromatic heterocycles. The number of aromatic nitrogens is 4. The molecule has 9 rings (SSSR count). The molecular formula is C120H178N8O4. The van der Waals surface area contributed by atoms with E-state index in [1.165, 1.54) is 360 Å². The predicted molar refractivity (Wildman–Crippen MR) is 568 cm³/mol. The number of unbranched alkanes of at least 4 members (excludes halogenated alkanes) is 60. The van der Waals surface area contributed by atoms with Crippen LogP contribution in [0.2, 0.25) is 0 Å². The minimum atomic E-state index is -0.0829. The van der Waals surface area contributed by atoms with Crippen LogP contribution in [0, 0.1) is 0 Å². The highest BCUT2D eigenvalue weighted by molar-refractivity contribution is 6.03. The van der Waals surface area contributed by atoms with E-state index in [2.05, 4.69) is 107 Å². The second-order valence-electron chi connectivity index (χ2n) is 39.0. The molecule has 0 spiro atoms. The number of benzene rings is 4. The summed E-state index contributed by atoms with van der Waals surface area (Å²) in [6.45, 7) is 11.7. The van der Waals surface area contributed by atoms with Crippen molar-refractivity contribution in [2.24, 2.45) is 0 Å². The van der Waals surface area contributed by atoms with Crippen LogP contribution in [0.5, 0.6) is 0 Å². The summed E-state index contributed by atoms with van der Waals surface area (Å²) in [5.74, 6) is -0.332. The number of amides is 4. The van der Waals surface area contributed by atoms with E-state index in [1.807, 2.05) is 97.1 Å². The Labute approximate surface area is 801 Å². The Balaban J connectivity index is 0.951. The number of aromatic amines is 2. The normalized spacial score (nSPS) is 11.8. The fourth-order valence-corrected chi connectivity index (χ4v) is 19.5. The fraction of sp³-hybridized carbons (Fsp3) is 0.600. The molecule has 6 N–H and O–H groups in total. The first-order valence-electron chi connectivity index (χ1n) is 54.9. The van der Waals surface area contributed by atoms with Crippen molar-refractivity contribution in [1.29, 1.82) is 0 Å². The first-order chi connectivity index (χ1) is 65.2. The Bertz CT molecular complexity index is 3980. The van der Waals surface area contributed by atoms with Gasteiger partial charge in [-0.15, -0.1) is 0 Å². The first kappa shape index (κ1) is 107. The van der Waals surface area contributed by atoms with Crippen LogP contribution >= 0.6 is 0 Å². The zero-order chi connectivity index (χ0) is 92.6. The third-order valence-corrected chi connectivity index (χ3v) is 27.8. The van der Waals surface area contributed by atoms with Crippen molar-refractivity contribution in [3.8, 4) is 44.5 Å². The number of rotatable bonds is 76.